The van der Waals surface area contributed by atoms with Crippen molar-refractivity contribution in [1.29, 1.82) is 0 Å². The average Bonchev–Trinajstić information content (AvgIpc) is 1.84. The first-order valence-corrected chi connectivity index (χ1v) is 3.32. The highest BCUT2D eigenvalue weighted by atomic mass is 15.3. The van der Waals surface area contributed by atoms with Crippen LogP contribution in [0.4, 0.5) is 0 Å². The van der Waals surface area contributed by atoms with Crippen molar-refractivity contribution in [3.05, 3.63) is 11.8 Å². The molecule has 0 radical (unpaired) electrons. The van der Waals surface area contributed by atoms with Gasteiger partial charge in [0.25, 0.3) is 0 Å². The predicted molar refractivity (Wildman–Crippen MR) is 42.6 cm³/mol. The molecule has 0 aliphatic carbocycles. The molecular formula is C7H13N3. The van der Waals surface area contributed by atoms with Crippen LogP contribution < -0.4 is 5.73 Å². The minimum Gasteiger partial charge on any atom is -0.347 e. The highest BCUT2D eigenvalue weighted by Gasteiger charge is 2.10. The average molecular weight is 139 g/mol. The number of hydrogen-bond donors (Lipinski definition) is 1. The Labute approximate surface area is 61.2 Å². The SMILES string of the molecule is CC1=CN(C)C(N)N=C1C. The Kier molecular flexibility index (Phi) is 1.76. The van der Waals surface area contributed by atoms with Crippen LogP contribution in [0.3, 0.4) is 0 Å². The highest BCUT2D eigenvalue weighted by Crippen LogP contribution is 2.07. The molecular weight excluding hydrogens is 126 g/mol. The summed E-state index contributed by atoms with van der Waals surface area (Å²) in [4.78, 5) is 6.09. The van der Waals surface area contributed by atoms with Gasteiger partial charge in [-0.1, -0.05) is 0 Å². The van der Waals surface area contributed by atoms with E-state index in [1.165, 1.54) is 5.57 Å². The lowest BCUT2D eigenvalue weighted by Crippen LogP contribution is -2.37. The standard InChI is InChI=1S/C7H13N3/c1-5-4-10(3)7(8)9-6(5)2/h4,7H,8H2,1-3H3. The van der Waals surface area contributed by atoms with Gasteiger partial charge in [-0.05, 0) is 19.4 Å². The zero-order chi connectivity index (χ0) is 7.72. The summed E-state index contributed by atoms with van der Waals surface area (Å²) in [5.41, 5.74) is 7.84. The van der Waals surface area contributed by atoms with E-state index in [4.69, 9.17) is 5.73 Å². The molecule has 0 aromatic rings. The largest absolute Gasteiger partial charge is 0.347 e. The molecule has 0 aromatic heterocycles. The van der Waals surface area contributed by atoms with Crippen LogP contribution in [0.2, 0.25) is 0 Å². The minimum absolute atomic E-state index is 0.191. The van der Waals surface area contributed by atoms with E-state index in [9.17, 15) is 0 Å². The van der Waals surface area contributed by atoms with Gasteiger partial charge in [-0.15, -0.1) is 0 Å². The van der Waals surface area contributed by atoms with Crippen molar-refractivity contribution >= 4 is 5.71 Å². The highest BCUT2D eigenvalue weighted by molar-refractivity contribution is 5.98. The molecule has 2 N–H and O–H groups in total. The van der Waals surface area contributed by atoms with Gasteiger partial charge in [0, 0.05) is 19.0 Å². The predicted octanol–water partition coefficient (Wildman–Crippen LogP) is 0.539. The van der Waals surface area contributed by atoms with Crippen molar-refractivity contribution in [2.45, 2.75) is 20.1 Å². The van der Waals surface area contributed by atoms with Crippen LogP contribution >= 0.6 is 0 Å². The van der Waals surface area contributed by atoms with Gasteiger partial charge < -0.3 is 4.90 Å². The first kappa shape index (κ1) is 7.28. The lowest BCUT2D eigenvalue weighted by molar-refractivity contribution is 0.341. The second-order valence-electron chi connectivity index (χ2n) is 2.61. The summed E-state index contributed by atoms with van der Waals surface area (Å²) >= 11 is 0. The third kappa shape index (κ3) is 1.19. The molecule has 1 unspecified atom stereocenters. The maximum absolute atomic E-state index is 5.62. The molecule has 56 valence electrons. The van der Waals surface area contributed by atoms with Crippen molar-refractivity contribution in [2.24, 2.45) is 10.7 Å². The normalized spacial score (nSPS) is 26.0. The fourth-order valence-corrected chi connectivity index (χ4v) is 0.867. The van der Waals surface area contributed by atoms with Crippen LogP contribution in [0.25, 0.3) is 0 Å². The molecule has 1 rings (SSSR count). The Morgan fingerprint density at radius 1 is 1.60 bits per heavy atom. The topological polar surface area (TPSA) is 41.6 Å². The Hall–Kier alpha value is -0.830. The molecule has 1 aliphatic rings. The van der Waals surface area contributed by atoms with Gasteiger partial charge in [-0.2, -0.15) is 0 Å². The fraction of sp³-hybridized carbons (Fsp3) is 0.571. The van der Waals surface area contributed by atoms with Crippen LogP contribution in [0.1, 0.15) is 13.8 Å². The summed E-state index contributed by atoms with van der Waals surface area (Å²) < 4.78 is 0. The molecule has 10 heavy (non-hydrogen) atoms. The number of allylic oxidation sites excluding steroid dienone is 1. The zero-order valence-corrected chi connectivity index (χ0v) is 6.63. The fourth-order valence-electron chi connectivity index (χ4n) is 0.867. The maximum Gasteiger partial charge on any atom is 0.173 e. The van der Waals surface area contributed by atoms with E-state index < -0.39 is 0 Å². The molecule has 0 amide bonds. The van der Waals surface area contributed by atoms with Crippen molar-refractivity contribution in [2.75, 3.05) is 7.05 Å². The van der Waals surface area contributed by atoms with Crippen LogP contribution in [-0.4, -0.2) is 23.9 Å². The molecule has 0 saturated heterocycles. The van der Waals surface area contributed by atoms with Gasteiger partial charge >= 0.3 is 0 Å². The van der Waals surface area contributed by atoms with Gasteiger partial charge in [-0.3, -0.25) is 10.7 Å². The molecule has 1 atom stereocenters. The Balaban J connectivity index is 2.83. The van der Waals surface area contributed by atoms with E-state index in [-0.39, 0.29) is 6.29 Å². The van der Waals surface area contributed by atoms with Crippen LogP contribution in [0, 0.1) is 0 Å². The monoisotopic (exact) mass is 139 g/mol. The van der Waals surface area contributed by atoms with E-state index in [2.05, 4.69) is 4.99 Å². The summed E-state index contributed by atoms with van der Waals surface area (Å²) in [6, 6.07) is 0. The van der Waals surface area contributed by atoms with Crippen LogP contribution in [0.5, 0.6) is 0 Å². The Morgan fingerprint density at radius 3 is 2.70 bits per heavy atom. The first-order valence-electron chi connectivity index (χ1n) is 3.32. The van der Waals surface area contributed by atoms with Gasteiger partial charge in [-0.25, -0.2) is 0 Å². The second kappa shape index (κ2) is 2.42. The molecule has 1 heterocycles. The molecule has 0 spiro atoms. The smallest absolute Gasteiger partial charge is 0.173 e. The molecule has 1 aliphatic heterocycles. The quantitative estimate of drug-likeness (QED) is 0.532. The molecule has 3 heteroatoms. The second-order valence-corrected chi connectivity index (χ2v) is 2.61. The van der Waals surface area contributed by atoms with E-state index >= 15 is 0 Å². The summed E-state index contributed by atoms with van der Waals surface area (Å²) in [6.45, 7) is 4.00. The minimum atomic E-state index is -0.191. The summed E-state index contributed by atoms with van der Waals surface area (Å²) in [7, 11) is 1.92. The van der Waals surface area contributed by atoms with Gasteiger partial charge in [0.1, 0.15) is 0 Å². The first-order chi connectivity index (χ1) is 4.61. The van der Waals surface area contributed by atoms with Crippen molar-refractivity contribution < 1.29 is 0 Å². The van der Waals surface area contributed by atoms with E-state index in [1.807, 2.05) is 32.0 Å². The third-order valence-corrected chi connectivity index (χ3v) is 1.71. The van der Waals surface area contributed by atoms with E-state index in [0.29, 0.717) is 0 Å². The van der Waals surface area contributed by atoms with Crippen molar-refractivity contribution in [3.63, 3.8) is 0 Å². The van der Waals surface area contributed by atoms with E-state index in [0.717, 1.165) is 5.71 Å². The van der Waals surface area contributed by atoms with Gasteiger partial charge in [0.05, 0.1) is 0 Å². The maximum atomic E-state index is 5.62. The van der Waals surface area contributed by atoms with Crippen molar-refractivity contribution in [3.8, 4) is 0 Å². The molecule has 3 nitrogen and oxygen atoms in total. The van der Waals surface area contributed by atoms with E-state index in [1.54, 1.807) is 0 Å². The molecule has 0 aromatic carbocycles. The third-order valence-electron chi connectivity index (χ3n) is 1.71. The number of hydrogen-bond acceptors (Lipinski definition) is 3. The summed E-state index contributed by atoms with van der Waals surface area (Å²) in [5.74, 6) is 0. The lowest BCUT2D eigenvalue weighted by atomic mass is 10.2. The number of aliphatic imine (C=N–C) groups is 1. The molecule has 0 saturated carbocycles. The van der Waals surface area contributed by atoms with Crippen molar-refractivity contribution in [1.82, 2.24) is 4.90 Å². The van der Waals surface area contributed by atoms with Gasteiger partial charge in [0.2, 0.25) is 0 Å². The summed E-state index contributed by atoms with van der Waals surface area (Å²) in [6.07, 6.45) is 1.82. The molecule has 0 bridgehead atoms. The number of nitrogens with two attached hydrogens (primary N) is 1. The number of rotatable bonds is 0. The van der Waals surface area contributed by atoms with Gasteiger partial charge in [0.15, 0.2) is 6.29 Å². The molecule has 0 fully saturated rings. The number of nitrogens with zero attached hydrogens (tertiary/aromatic N) is 2. The Bertz CT molecular complexity index is 171. The van der Waals surface area contributed by atoms with Crippen LogP contribution in [0.15, 0.2) is 16.8 Å². The zero-order valence-electron chi connectivity index (χ0n) is 6.63. The summed E-state index contributed by atoms with van der Waals surface area (Å²) in [5, 5.41) is 0. The van der Waals surface area contributed by atoms with Crippen LogP contribution in [-0.2, 0) is 0 Å². The Morgan fingerprint density at radius 2 is 2.20 bits per heavy atom. The lowest BCUT2D eigenvalue weighted by Gasteiger charge is -2.25.